The molecule has 1 aliphatic heterocycles. The second-order valence-corrected chi connectivity index (χ2v) is 4.76. The Morgan fingerprint density at radius 2 is 1.86 bits per heavy atom. The summed E-state index contributed by atoms with van der Waals surface area (Å²) in [5.74, 6) is 2.88. The standard InChI is InChI=1S/C15H17N3O3/c1-18(15-16-8-12(19-2)9-17-15)10-11-3-4-13-14(7-11)21-6-5-20-13/h3-4,7-9H,5-6,10H2,1-2H3. The van der Waals surface area contributed by atoms with Crippen molar-refractivity contribution in [2.24, 2.45) is 0 Å². The van der Waals surface area contributed by atoms with Gasteiger partial charge in [0.1, 0.15) is 13.2 Å². The zero-order chi connectivity index (χ0) is 14.7. The Morgan fingerprint density at radius 3 is 2.57 bits per heavy atom. The minimum atomic E-state index is 0.591. The van der Waals surface area contributed by atoms with E-state index in [2.05, 4.69) is 9.97 Å². The number of rotatable bonds is 4. The summed E-state index contributed by atoms with van der Waals surface area (Å²) in [6.07, 6.45) is 3.31. The molecule has 2 aromatic rings. The Balaban J connectivity index is 1.72. The fourth-order valence-electron chi connectivity index (χ4n) is 2.14. The Kier molecular flexibility index (Phi) is 3.77. The number of anilines is 1. The van der Waals surface area contributed by atoms with Crippen molar-refractivity contribution in [3.05, 3.63) is 36.2 Å². The molecule has 0 saturated heterocycles. The maximum atomic E-state index is 5.59. The molecule has 6 heteroatoms. The molecule has 0 bridgehead atoms. The molecule has 0 aliphatic carbocycles. The fourth-order valence-corrected chi connectivity index (χ4v) is 2.14. The molecule has 0 saturated carbocycles. The third kappa shape index (κ3) is 2.99. The molecule has 0 N–H and O–H groups in total. The quantitative estimate of drug-likeness (QED) is 0.856. The smallest absolute Gasteiger partial charge is 0.225 e. The molecule has 3 rings (SSSR count). The van der Waals surface area contributed by atoms with Crippen LogP contribution in [0.5, 0.6) is 17.2 Å². The molecule has 0 fully saturated rings. The van der Waals surface area contributed by atoms with Gasteiger partial charge in [-0.3, -0.25) is 0 Å². The van der Waals surface area contributed by atoms with Gasteiger partial charge >= 0.3 is 0 Å². The molecule has 21 heavy (non-hydrogen) atoms. The Labute approximate surface area is 123 Å². The van der Waals surface area contributed by atoms with Crippen LogP contribution in [0.4, 0.5) is 5.95 Å². The second kappa shape index (κ2) is 5.87. The first-order chi connectivity index (χ1) is 10.3. The lowest BCUT2D eigenvalue weighted by Crippen LogP contribution is -2.20. The zero-order valence-corrected chi connectivity index (χ0v) is 12.1. The van der Waals surface area contributed by atoms with Crippen molar-refractivity contribution in [2.45, 2.75) is 6.54 Å². The average Bonchev–Trinajstić information content (AvgIpc) is 2.55. The molecule has 0 spiro atoms. The molecule has 0 unspecified atom stereocenters. The summed E-state index contributed by atoms with van der Waals surface area (Å²) in [6.45, 7) is 1.88. The van der Waals surface area contributed by atoms with E-state index >= 15 is 0 Å². The van der Waals surface area contributed by atoms with E-state index in [4.69, 9.17) is 14.2 Å². The van der Waals surface area contributed by atoms with E-state index in [-0.39, 0.29) is 0 Å². The largest absolute Gasteiger partial charge is 0.494 e. The van der Waals surface area contributed by atoms with E-state index in [1.807, 2.05) is 30.1 Å². The van der Waals surface area contributed by atoms with Crippen LogP contribution in [0.15, 0.2) is 30.6 Å². The van der Waals surface area contributed by atoms with Gasteiger partial charge in [-0.1, -0.05) is 6.07 Å². The first kappa shape index (κ1) is 13.5. The van der Waals surface area contributed by atoms with Gasteiger partial charge in [0, 0.05) is 13.6 Å². The molecule has 0 amide bonds. The van der Waals surface area contributed by atoms with Gasteiger partial charge < -0.3 is 19.1 Å². The van der Waals surface area contributed by atoms with Gasteiger partial charge in [0.15, 0.2) is 17.2 Å². The molecular formula is C15H17N3O3. The van der Waals surface area contributed by atoms with Crippen molar-refractivity contribution in [3.63, 3.8) is 0 Å². The molecule has 1 aliphatic rings. The SMILES string of the molecule is COc1cnc(N(C)Cc2ccc3c(c2)OCCO3)nc1. The zero-order valence-electron chi connectivity index (χ0n) is 12.1. The van der Waals surface area contributed by atoms with E-state index < -0.39 is 0 Å². The van der Waals surface area contributed by atoms with Crippen molar-refractivity contribution in [2.75, 3.05) is 32.3 Å². The van der Waals surface area contributed by atoms with E-state index in [1.54, 1.807) is 19.5 Å². The normalized spacial score (nSPS) is 12.9. The molecule has 6 nitrogen and oxygen atoms in total. The number of methoxy groups -OCH3 is 1. The highest BCUT2D eigenvalue weighted by molar-refractivity contribution is 5.45. The molecule has 0 atom stereocenters. The number of nitrogens with zero attached hydrogens (tertiary/aromatic N) is 3. The fraction of sp³-hybridized carbons (Fsp3) is 0.333. The number of fused-ring (bicyclic) bond motifs is 1. The minimum Gasteiger partial charge on any atom is -0.494 e. The third-order valence-electron chi connectivity index (χ3n) is 3.22. The highest BCUT2D eigenvalue weighted by Gasteiger charge is 2.13. The number of aromatic nitrogens is 2. The summed E-state index contributed by atoms with van der Waals surface area (Å²) in [4.78, 5) is 10.5. The molecular weight excluding hydrogens is 270 g/mol. The lowest BCUT2D eigenvalue weighted by Gasteiger charge is -2.21. The minimum absolute atomic E-state index is 0.591. The highest BCUT2D eigenvalue weighted by Crippen LogP contribution is 2.31. The van der Waals surface area contributed by atoms with Gasteiger partial charge in [0.2, 0.25) is 5.95 Å². The lowest BCUT2D eigenvalue weighted by molar-refractivity contribution is 0.171. The number of hydrogen-bond acceptors (Lipinski definition) is 6. The van der Waals surface area contributed by atoms with Crippen LogP contribution in [0.25, 0.3) is 0 Å². The highest BCUT2D eigenvalue weighted by atomic mass is 16.6. The summed E-state index contributed by atoms with van der Waals surface area (Å²) in [5.41, 5.74) is 1.11. The van der Waals surface area contributed by atoms with Gasteiger partial charge in [0.25, 0.3) is 0 Å². The van der Waals surface area contributed by atoms with Gasteiger partial charge in [-0.15, -0.1) is 0 Å². The van der Waals surface area contributed by atoms with Gasteiger partial charge in [-0.05, 0) is 17.7 Å². The van der Waals surface area contributed by atoms with E-state index in [0.717, 1.165) is 17.1 Å². The summed E-state index contributed by atoms with van der Waals surface area (Å²) >= 11 is 0. The monoisotopic (exact) mass is 287 g/mol. The summed E-state index contributed by atoms with van der Waals surface area (Å²) in [6, 6.07) is 5.95. The van der Waals surface area contributed by atoms with Crippen LogP contribution in [-0.4, -0.2) is 37.3 Å². The van der Waals surface area contributed by atoms with Crippen molar-refractivity contribution in [1.29, 1.82) is 0 Å². The number of ether oxygens (including phenoxy) is 3. The number of benzene rings is 1. The summed E-state index contributed by atoms with van der Waals surface area (Å²) < 4.78 is 16.2. The van der Waals surface area contributed by atoms with Crippen LogP contribution in [0.2, 0.25) is 0 Å². The maximum Gasteiger partial charge on any atom is 0.225 e. The maximum absolute atomic E-state index is 5.59. The molecule has 0 radical (unpaired) electrons. The van der Waals surface area contributed by atoms with Crippen molar-refractivity contribution in [3.8, 4) is 17.2 Å². The van der Waals surface area contributed by atoms with Crippen molar-refractivity contribution in [1.82, 2.24) is 9.97 Å². The van der Waals surface area contributed by atoms with E-state index in [1.165, 1.54) is 0 Å². The van der Waals surface area contributed by atoms with Crippen LogP contribution in [0, 0.1) is 0 Å². The molecule has 1 aromatic heterocycles. The van der Waals surface area contributed by atoms with Gasteiger partial charge in [-0.25, -0.2) is 9.97 Å². The van der Waals surface area contributed by atoms with E-state index in [9.17, 15) is 0 Å². The summed E-state index contributed by atoms with van der Waals surface area (Å²) in [7, 11) is 3.54. The molecule has 110 valence electrons. The van der Waals surface area contributed by atoms with Crippen LogP contribution < -0.4 is 19.1 Å². The Morgan fingerprint density at radius 1 is 1.14 bits per heavy atom. The van der Waals surface area contributed by atoms with E-state index in [0.29, 0.717) is 31.5 Å². The van der Waals surface area contributed by atoms with Crippen LogP contribution in [0.1, 0.15) is 5.56 Å². The predicted octanol–water partition coefficient (Wildman–Crippen LogP) is 1.89. The van der Waals surface area contributed by atoms with Gasteiger partial charge in [-0.2, -0.15) is 0 Å². The first-order valence-corrected chi connectivity index (χ1v) is 6.72. The Hall–Kier alpha value is -2.50. The van der Waals surface area contributed by atoms with Crippen molar-refractivity contribution < 1.29 is 14.2 Å². The average molecular weight is 287 g/mol. The number of hydrogen-bond donors (Lipinski definition) is 0. The molecule has 2 heterocycles. The van der Waals surface area contributed by atoms with Crippen molar-refractivity contribution >= 4 is 5.95 Å². The van der Waals surface area contributed by atoms with Gasteiger partial charge in [0.05, 0.1) is 19.5 Å². The second-order valence-electron chi connectivity index (χ2n) is 4.76. The summed E-state index contributed by atoms with van der Waals surface area (Å²) in [5, 5.41) is 0. The predicted molar refractivity (Wildman–Crippen MR) is 78.1 cm³/mol. The first-order valence-electron chi connectivity index (χ1n) is 6.72. The molecule has 1 aromatic carbocycles. The third-order valence-corrected chi connectivity index (χ3v) is 3.22. The van der Waals surface area contributed by atoms with Crippen LogP contribution in [0.3, 0.4) is 0 Å². The van der Waals surface area contributed by atoms with Crippen LogP contribution in [-0.2, 0) is 6.54 Å². The topological polar surface area (TPSA) is 56.7 Å². The Bertz CT molecular complexity index is 616. The van der Waals surface area contributed by atoms with Crippen LogP contribution >= 0.6 is 0 Å². The lowest BCUT2D eigenvalue weighted by atomic mass is 10.2.